The van der Waals surface area contributed by atoms with Crippen LogP contribution in [0.4, 0.5) is 0 Å². The SMILES string of the molecule is CCCCCC/C=C\CCCCCCCC(=O)O[C@@H](C)[C@@H](C)OC(=O)CCCCCCCCC/C=C/CCCCCC. The van der Waals surface area contributed by atoms with E-state index >= 15 is 0 Å². The minimum absolute atomic E-state index is 0.182. The molecule has 2 atom stereocenters. The van der Waals surface area contributed by atoms with Crippen LogP contribution in [0.3, 0.4) is 0 Å². The highest BCUT2D eigenvalue weighted by Gasteiger charge is 2.20. The molecule has 4 nitrogen and oxygen atoms in total. The molecular formula is C38H70O4. The van der Waals surface area contributed by atoms with Crippen molar-refractivity contribution in [2.24, 2.45) is 0 Å². The average molecular weight is 591 g/mol. The van der Waals surface area contributed by atoms with Crippen LogP contribution in [0.5, 0.6) is 0 Å². The van der Waals surface area contributed by atoms with Crippen LogP contribution < -0.4 is 0 Å². The Hall–Kier alpha value is -1.58. The van der Waals surface area contributed by atoms with Crippen molar-refractivity contribution in [3.8, 4) is 0 Å². The monoisotopic (exact) mass is 591 g/mol. The first kappa shape index (κ1) is 40.4. The first-order valence-corrected chi connectivity index (χ1v) is 18.2. The third kappa shape index (κ3) is 29.9. The number of esters is 2. The molecule has 0 radical (unpaired) electrons. The molecule has 0 heterocycles. The molecule has 0 aliphatic heterocycles. The van der Waals surface area contributed by atoms with Crippen molar-refractivity contribution in [3.63, 3.8) is 0 Å². The molecule has 0 saturated carbocycles. The lowest BCUT2D eigenvalue weighted by molar-refractivity contribution is -0.165. The van der Waals surface area contributed by atoms with E-state index in [1.54, 1.807) is 0 Å². The predicted octanol–water partition coefficient (Wildman–Crippen LogP) is 12.1. The summed E-state index contributed by atoms with van der Waals surface area (Å²) in [5, 5.41) is 0. The van der Waals surface area contributed by atoms with Gasteiger partial charge in [-0.15, -0.1) is 0 Å². The van der Waals surface area contributed by atoms with Crippen LogP contribution in [0.2, 0.25) is 0 Å². The van der Waals surface area contributed by atoms with Crippen LogP contribution >= 0.6 is 0 Å². The zero-order valence-corrected chi connectivity index (χ0v) is 28.5. The number of carbonyl (C=O) groups is 2. The van der Waals surface area contributed by atoms with E-state index in [9.17, 15) is 9.59 Å². The van der Waals surface area contributed by atoms with E-state index in [1.165, 1.54) is 122 Å². The summed E-state index contributed by atoms with van der Waals surface area (Å²) >= 11 is 0. The number of unbranched alkanes of at least 4 members (excludes halogenated alkanes) is 20. The first-order valence-electron chi connectivity index (χ1n) is 18.2. The van der Waals surface area contributed by atoms with Gasteiger partial charge in [0, 0.05) is 12.8 Å². The average Bonchev–Trinajstić information content (AvgIpc) is 2.97. The van der Waals surface area contributed by atoms with Gasteiger partial charge >= 0.3 is 11.9 Å². The normalized spacial score (nSPS) is 13.1. The van der Waals surface area contributed by atoms with E-state index in [0.29, 0.717) is 12.8 Å². The maximum atomic E-state index is 12.2. The number of allylic oxidation sites excluding steroid dienone is 4. The van der Waals surface area contributed by atoms with Gasteiger partial charge in [-0.3, -0.25) is 9.59 Å². The highest BCUT2D eigenvalue weighted by molar-refractivity contribution is 5.70. The molecule has 0 rings (SSSR count). The van der Waals surface area contributed by atoms with Crippen molar-refractivity contribution in [1.29, 1.82) is 0 Å². The Labute approximate surface area is 261 Å². The fourth-order valence-corrected chi connectivity index (χ4v) is 5.05. The zero-order valence-electron chi connectivity index (χ0n) is 28.5. The summed E-state index contributed by atoms with van der Waals surface area (Å²) in [5.74, 6) is -0.368. The zero-order chi connectivity index (χ0) is 30.9. The minimum Gasteiger partial charge on any atom is -0.459 e. The van der Waals surface area contributed by atoms with Crippen LogP contribution in [0.1, 0.15) is 195 Å². The second-order valence-corrected chi connectivity index (χ2v) is 12.4. The lowest BCUT2D eigenvalue weighted by Crippen LogP contribution is -2.30. The maximum Gasteiger partial charge on any atom is 0.306 e. The second kappa shape index (κ2) is 32.3. The molecule has 0 saturated heterocycles. The molecule has 0 aromatic heterocycles. The van der Waals surface area contributed by atoms with Gasteiger partial charge in [-0.25, -0.2) is 0 Å². The van der Waals surface area contributed by atoms with Crippen LogP contribution in [0.15, 0.2) is 24.3 Å². The molecule has 0 amide bonds. The lowest BCUT2D eigenvalue weighted by Gasteiger charge is -2.21. The summed E-state index contributed by atoms with van der Waals surface area (Å²) in [4.78, 5) is 24.4. The standard InChI is InChI=1S/C38H70O4/c1-5-7-9-11-13-15-17-19-20-22-24-26-28-30-32-34-38(40)42-36(4)35(3)41-37(39)33-31-29-27-25-23-21-18-16-14-12-10-8-6-2/h15-18,35-36H,5-14,19-34H2,1-4H3/b17-15+,18-16-/t35-,36+/m0/s1. The summed E-state index contributed by atoms with van der Waals surface area (Å²) < 4.78 is 11.0. The van der Waals surface area contributed by atoms with Gasteiger partial charge < -0.3 is 9.47 Å². The maximum absolute atomic E-state index is 12.2. The Kier molecular flexibility index (Phi) is 31.1. The molecule has 42 heavy (non-hydrogen) atoms. The van der Waals surface area contributed by atoms with Gasteiger partial charge in [-0.2, -0.15) is 0 Å². The molecule has 0 bridgehead atoms. The van der Waals surface area contributed by atoms with Crippen molar-refractivity contribution < 1.29 is 19.1 Å². The largest absolute Gasteiger partial charge is 0.459 e. The number of hydrogen-bond donors (Lipinski definition) is 0. The summed E-state index contributed by atoms with van der Waals surface area (Å²) in [6.45, 7) is 8.14. The van der Waals surface area contributed by atoms with Crippen molar-refractivity contribution >= 4 is 11.9 Å². The predicted molar refractivity (Wildman–Crippen MR) is 181 cm³/mol. The molecule has 0 N–H and O–H groups in total. The molecule has 0 aromatic carbocycles. The van der Waals surface area contributed by atoms with Crippen molar-refractivity contribution in [1.82, 2.24) is 0 Å². The third-order valence-electron chi connectivity index (χ3n) is 8.08. The fourth-order valence-electron chi connectivity index (χ4n) is 5.05. The third-order valence-corrected chi connectivity index (χ3v) is 8.08. The molecule has 4 heteroatoms. The van der Waals surface area contributed by atoms with E-state index in [4.69, 9.17) is 9.47 Å². The van der Waals surface area contributed by atoms with E-state index < -0.39 is 12.2 Å². The Balaban J connectivity index is 3.60. The lowest BCUT2D eigenvalue weighted by atomic mass is 10.1. The molecule has 0 fully saturated rings. The summed E-state index contributed by atoms with van der Waals surface area (Å²) in [5.41, 5.74) is 0. The van der Waals surface area contributed by atoms with E-state index in [2.05, 4.69) is 38.2 Å². The highest BCUT2D eigenvalue weighted by Crippen LogP contribution is 2.14. The molecule has 0 aliphatic rings. The van der Waals surface area contributed by atoms with Gasteiger partial charge in [0.05, 0.1) is 0 Å². The molecule has 0 spiro atoms. The van der Waals surface area contributed by atoms with Gasteiger partial charge in [-0.1, -0.05) is 128 Å². The Morgan fingerprint density at radius 3 is 1.00 bits per heavy atom. The number of ether oxygens (including phenoxy) is 2. The van der Waals surface area contributed by atoms with E-state index in [0.717, 1.165) is 32.1 Å². The Bertz CT molecular complexity index is 653. The van der Waals surface area contributed by atoms with Gasteiger partial charge in [0.25, 0.3) is 0 Å². The smallest absolute Gasteiger partial charge is 0.306 e. The topological polar surface area (TPSA) is 52.6 Å². The van der Waals surface area contributed by atoms with Crippen LogP contribution in [-0.4, -0.2) is 24.1 Å². The van der Waals surface area contributed by atoms with Crippen LogP contribution in [0.25, 0.3) is 0 Å². The number of carbonyl (C=O) groups excluding carboxylic acids is 2. The van der Waals surface area contributed by atoms with E-state index in [1.807, 2.05) is 13.8 Å². The molecule has 246 valence electrons. The number of hydrogen-bond acceptors (Lipinski definition) is 4. The van der Waals surface area contributed by atoms with Gasteiger partial charge in [0.1, 0.15) is 12.2 Å². The molecule has 0 unspecified atom stereocenters. The van der Waals surface area contributed by atoms with Crippen LogP contribution in [0, 0.1) is 0 Å². The number of rotatable bonds is 31. The quantitative estimate of drug-likeness (QED) is 0.0458. The Morgan fingerprint density at radius 1 is 0.429 bits per heavy atom. The van der Waals surface area contributed by atoms with Crippen molar-refractivity contribution in [2.45, 2.75) is 207 Å². The minimum atomic E-state index is -0.411. The fraction of sp³-hybridized carbons (Fsp3) is 0.842. The van der Waals surface area contributed by atoms with E-state index in [-0.39, 0.29) is 11.9 Å². The molecule has 0 aliphatic carbocycles. The van der Waals surface area contributed by atoms with Crippen molar-refractivity contribution in [3.05, 3.63) is 24.3 Å². The summed E-state index contributed by atoms with van der Waals surface area (Å²) in [6, 6.07) is 0. The van der Waals surface area contributed by atoms with Crippen molar-refractivity contribution in [2.75, 3.05) is 0 Å². The Morgan fingerprint density at radius 2 is 0.690 bits per heavy atom. The molecular weight excluding hydrogens is 520 g/mol. The van der Waals surface area contributed by atoms with Gasteiger partial charge in [-0.05, 0) is 78.1 Å². The van der Waals surface area contributed by atoms with Gasteiger partial charge in [0.15, 0.2) is 0 Å². The summed E-state index contributed by atoms with van der Waals surface area (Å²) in [7, 11) is 0. The molecule has 0 aromatic rings. The first-order chi connectivity index (χ1) is 20.5. The highest BCUT2D eigenvalue weighted by atomic mass is 16.6. The second-order valence-electron chi connectivity index (χ2n) is 12.4. The van der Waals surface area contributed by atoms with Gasteiger partial charge in [0.2, 0.25) is 0 Å². The summed E-state index contributed by atoms with van der Waals surface area (Å²) in [6.07, 6.45) is 38.8. The van der Waals surface area contributed by atoms with Crippen LogP contribution in [-0.2, 0) is 19.1 Å².